The molecule has 2 rings (SSSR count). The van der Waals surface area contributed by atoms with Gasteiger partial charge in [0.1, 0.15) is 5.75 Å². The smallest absolute Gasteiger partial charge is 0.425 e. The predicted octanol–water partition coefficient (Wildman–Crippen LogP) is 3.87. The van der Waals surface area contributed by atoms with Gasteiger partial charge in [0.25, 0.3) is 0 Å². The molecule has 0 bridgehead atoms. The van der Waals surface area contributed by atoms with Gasteiger partial charge in [-0.3, -0.25) is 4.79 Å². The zero-order chi connectivity index (χ0) is 16.0. The number of carboxylic acids is 1. The summed E-state index contributed by atoms with van der Waals surface area (Å²) in [6.07, 6.45) is -7.26. The summed E-state index contributed by atoms with van der Waals surface area (Å²) in [7, 11) is 0. The minimum atomic E-state index is -4.58. The van der Waals surface area contributed by atoms with Crippen LogP contribution in [-0.2, 0) is 10.2 Å². The molecule has 2 atom stereocenters. The molecule has 1 N–H and O–H groups in total. The summed E-state index contributed by atoms with van der Waals surface area (Å²) in [4.78, 5) is 11.2. The third-order valence-electron chi connectivity index (χ3n) is 3.64. The zero-order valence-electron chi connectivity index (χ0n) is 12.0. The van der Waals surface area contributed by atoms with E-state index in [9.17, 15) is 23.1 Å². The third-order valence-corrected chi connectivity index (χ3v) is 3.64. The lowest BCUT2D eigenvalue weighted by molar-refractivity contribution is -0.201. The van der Waals surface area contributed by atoms with Crippen molar-refractivity contribution < 1.29 is 27.8 Å². The number of benzene rings is 1. The molecule has 6 heteroatoms. The number of hydrogen-bond acceptors (Lipinski definition) is 2. The Hall–Kier alpha value is -1.72. The molecule has 0 spiro atoms. The molecule has 0 aliphatic carbocycles. The molecule has 0 amide bonds. The Balaban J connectivity index is 2.49. The van der Waals surface area contributed by atoms with Crippen molar-refractivity contribution in [3.8, 4) is 5.75 Å². The molecule has 116 valence electrons. The lowest BCUT2D eigenvalue weighted by Crippen LogP contribution is -2.40. The molecule has 1 aliphatic rings. The molecule has 0 saturated carbocycles. The summed E-state index contributed by atoms with van der Waals surface area (Å²) >= 11 is 0. The molecule has 1 aromatic carbocycles. The normalized spacial score (nSPS) is 22.4. The van der Waals surface area contributed by atoms with E-state index < -0.39 is 30.6 Å². The lowest BCUT2D eigenvalue weighted by Gasteiger charge is -2.32. The Kier molecular flexibility index (Phi) is 3.68. The fourth-order valence-electron chi connectivity index (χ4n) is 2.37. The molecule has 2 unspecified atom stereocenters. The van der Waals surface area contributed by atoms with Crippen LogP contribution in [0, 0.1) is 0 Å². The monoisotopic (exact) mass is 302 g/mol. The van der Waals surface area contributed by atoms with E-state index in [1.54, 1.807) is 12.1 Å². The maximum Gasteiger partial charge on any atom is 0.425 e. The number of aliphatic carboxylic acids is 1. The molecular formula is C15H17F3O3. The zero-order valence-corrected chi connectivity index (χ0v) is 12.0. The van der Waals surface area contributed by atoms with Crippen LogP contribution in [0.25, 0.3) is 0 Å². The van der Waals surface area contributed by atoms with Crippen LogP contribution in [0.5, 0.6) is 5.75 Å². The van der Waals surface area contributed by atoms with Crippen LogP contribution in [0.4, 0.5) is 13.2 Å². The summed E-state index contributed by atoms with van der Waals surface area (Å²) in [6.45, 7) is 5.77. The van der Waals surface area contributed by atoms with Crippen molar-refractivity contribution in [2.24, 2.45) is 0 Å². The van der Waals surface area contributed by atoms with E-state index in [1.165, 1.54) is 6.07 Å². The number of halogens is 3. The minimum Gasteiger partial charge on any atom is -0.481 e. The molecule has 3 nitrogen and oxygen atoms in total. The van der Waals surface area contributed by atoms with Gasteiger partial charge in [-0.05, 0) is 17.0 Å². The number of hydrogen-bond donors (Lipinski definition) is 1. The quantitative estimate of drug-likeness (QED) is 0.856. The van der Waals surface area contributed by atoms with Crippen LogP contribution < -0.4 is 4.74 Å². The van der Waals surface area contributed by atoms with Crippen LogP contribution >= 0.6 is 0 Å². The molecule has 0 aromatic heterocycles. The second-order valence-electron chi connectivity index (χ2n) is 6.28. The van der Waals surface area contributed by atoms with Gasteiger partial charge in [-0.1, -0.05) is 32.9 Å². The number of rotatable bonds is 1. The van der Waals surface area contributed by atoms with Crippen molar-refractivity contribution in [1.82, 2.24) is 0 Å². The highest BCUT2D eigenvalue weighted by Gasteiger charge is 2.47. The SMILES string of the molecule is CC(C)(C)c1ccc2c(c1)OC(C(F)(F)F)CC2C(=O)O. The molecule has 0 radical (unpaired) electrons. The van der Waals surface area contributed by atoms with Crippen molar-refractivity contribution in [2.75, 3.05) is 0 Å². The highest BCUT2D eigenvalue weighted by molar-refractivity contribution is 5.78. The van der Waals surface area contributed by atoms with E-state index in [-0.39, 0.29) is 11.2 Å². The van der Waals surface area contributed by atoms with Crippen molar-refractivity contribution >= 4 is 5.97 Å². The summed E-state index contributed by atoms with van der Waals surface area (Å²) in [5.74, 6) is -2.45. The van der Waals surface area contributed by atoms with Crippen molar-refractivity contribution in [3.63, 3.8) is 0 Å². The largest absolute Gasteiger partial charge is 0.481 e. The first-order chi connectivity index (χ1) is 9.50. The maximum absolute atomic E-state index is 12.9. The second-order valence-corrected chi connectivity index (χ2v) is 6.28. The molecule has 21 heavy (non-hydrogen) atoms. The topological polar surface area (TPSA) is 46.5 Å². The maximum atomic E-state index is 12.9. The Morgan fingerprint density at radius 3 is 2.38 bits per heavy atom. The van der Waals surface area contributed by atoms with Gasteiger partial charge in [0, 0.05) is 12.0 Å². The molecule has 1 aromatic rings. The fraction of sp³-hybridized carbons (Fsp3) is 0.533. The Morgan fingerprint density at radius 1 is 1.29 bits per heavy atom. The lowest BCUT2D eigenvalue weighted by atomic mass is 9.83. The van der Waals surface area contributed by atoms with Gasteiger partial charge >= 0.3 is 12.1 Å². The average molecular weight is 302 g/mol. The first kappa shape index (κ1) is 15.7. The molecule has 1 aliphatic heterocycles. The number of carbonyl (C=O) groups is 1. The first-order valence-corrected chi connectivity index (χ1v) is 6.61. The van der Waals surface area contributed by atoms with Crippen molar-refractivity contribution in [3.05, 3.63) is 29.3 Å². The van der Waals surface area contributed by atoms with E-state index in [0.29, 0.717) is 5.56 Å². The number of alkyl halides is 3. The summed E-state index contributed by atoms with van der Waals surface area (Å²) in [6, 6.07) is 4.82. The second kappa shape index (κ2) is 4.93. The number of carboxylic acid groups (broad SMARTS) is 1. The summed E-state index contributed by atoms with van der Waals surface area (Å²) < 4.78 is 43.7. The van der Waals surface area contributed by atoms with Gasteiger partial charge in [-0.15, -0.1) is 0 Å². The highest BCUT2D eigenvalue weighted by atomic mass is 19.4. The fourth-order valence-corrected chi connectivity index (χ4v) is 2.37. The van der Waals surface area contributed by atoms with Crippen LogP contribution in [0.2, 0.25) is 0 Å². The molecule has 0 fully saturated rings. The van der Waals surface area contributed by atoms with Gasteiger partial charge in [0.2, 0.25) is 0 Å². The van der Waals surface area contributed by atoms with Gasteiger partial charge in [-0.2, -0.15) is 13.2 Å². The van der Waals surface area contributed by atoms with E-state index in [0.717, 1.165) is 5.56 Å². The van der Waals surface area contributed by atoms with Gasteiger partial charge in [0.05, 0.1) is 5.92 Å². The van der Waals surface area contributed by atoms with E-state index in [2.05, 4.69) is 0 Å². The Bertz CT molecular complexity index is 558. The summed E-state index contributed by atoms with van der Waals surface area (Å²) in [5.41, 5.74) is 0.840. The van der Waals surface area contributed by atoms with Crippen LogP contribution in [0.1, 0.15) is 44.2 Å². The predicted molar refractivity (Wildman–Crippen MR) is 70.6 cm³/mol. The van der Waals surface area contributed by atoms with Gasteiger partial charge < -0.3 is 9.84 Å². The Morgan fingerprint density at radius 2 is 1.90 bits per heavy atom. The minimum absolute atomic E-state index is 0.0170. The van der Waals surface area contributed by atoms with E-state index in [4.69, 9.17) is 4.74 Å². The van der Waals surface area contributed by atoms with Gasteiger partial charge in [-0.25, -0.2) is 0 Å². The molecule has 0 saturated heterocycles. The highest BCUT2D eigenvalue weighted by Crippen LogP contribution is 2.43. The third kappa shape index (κ3) is 3.14. The number of ether oxygens (including phenoxy) is 1. The van der Waals surface area contributed by atoms with Crippen LogP contribution in [0.3, 0.4) is 0 Å². The molecular weight excluding hydrogens is 285 g/mol. The van der Waals surface area contributed by atoms with E-state index in [1.807, 2.05) is 20.8 Å². The van der Waals surface area contributed by atoms with Crippen molar-refractivity contribution in [2.45, 2.75) is 50.8 Å². The number of fused-ring (bicyclic) bond motifs is 1. The standard InChI is InChI=1S/C15H17F3O3/c1-14(2,3)8-4-5-9-10(13(19)20)7-12(15(16,17)18)21-11(9)6-8/h4-6,10,12H,7H2,1-3H3,(H,19,20). The van der Waals surface area contributed by atoms with Gasteiger partial charge in [0.15, 0.2) is 6.10 Å². The first-order valence-electron chi connectivity index (χ1n) is 6.61. The van der Waals surface area contributed by atoms with E-state index >= 15 is 0 Å². The van der Waals surface area contributed by atoms with Crippen LogP contribution in [0.15, 0.2) is 18.2 Å². The average Bonchev–Trinajstić information content (AvgIpc) is 2.34. The van der Waals surface area contributed by atoms with Crippen LogP contribution in [-0.4, -0.2) is 23.4 Å². The van der Waals surface area contributed by atoms with Crippen molar-refractivity contribution in [1.29, 1.82) is 0 Å². The summed E-state index contributed by atoms with van der Waals surface area (Å²) in [5, 5.41) is 9.17. The molecule has 1 heterocycles. The Labute approximate surface area is 120 Å².